The second-order valence-corrected chi connectivity index (χ2v) is 5.71. The van der Waals surface area contributed by atoms with Gasteiger partial charge >= 0.3 is 0 Å². The van der Waals surface area contributed by atoms with Gasteiger partial charge < -0.3 is 4.90 Å². The lowest BCUT2D eigenvalue weighted by atomic mass is 9.98. The maximum absolute atomic E-state index is 12.2. The molecule has 0 N–H and O–H groups in total. The minimum Gasteiger partial charge on any atom is -0.335 e. The molecule has 0 aromatic heterocycles. The van der Waals surface area contributed by atoms with Crippen LogP contribution in [0.5, 0.6) is 0 Å². The third-order valence-corrected chi connectivity index (χ3v) is 4.21. The van der Waals surface area contributed by atoms with Crippen molar-refractivity contribution in [1.29, 1.82) is 0 Å². The van der Waals surface area contributed by atoms with Crippen molar-refractivity contribution in [2.45, 2.75) is 39.5 Å². The lowest BCUT2D eigenvalue weighted by molar-refractivity contribution is -0.130. The first-order chi connectivity index (χ1) is 9.60. The Balaban J connectivity index is 1.99. The van der Waals surface area contributed by atoms with E-state index in [1.807, 2.05) is 31.2 Å². The number of amides is 1. The summed E-state index contributed by atoms with van der Waals surface area (Å²) < 4.78 is 0. The summed E-state index contributed by atoms with van der Waals surface area (Å²) in [5, 5.41) is 0. The molecule has 1 amide bonds. The number of carbonyl (C=O) groups is 2. The molecule has 1 unspecified atom stereocenters. The van der Waals surface area contributed by atoms with Crippen LogP contribution >= 0.6 is 0 Å². The van der Waals surface area contributed by atoms with Crippen molar-refractivity contribution >= 4 is 11.7 Å². The summed E-state index contributed by atoms with van der Waals surface area (Å²) in [5.41, 5.74) is 1.83. The van der Waals surface area contributed by atoms with Crippen LogP contribution in [0.25, 0.3) is 0 Å². The zero-order valence-corrected chi connectivity index (χ0v) is 12.4. The number of likely N-dealkylation sites (tertiary alicyclic amines) is 1. The molecule has 0 aliphatic carbocycles. The summed E-state index contributed by atoms with van der Waals surface area (Å²) in [5.74, 6) is 0.785. The molecular formula is C17H23NO2. The summed E-state index contributed by atoms with van der Waals surface area (Å²) in [7, 11) is 0. The lowest BCUT2D eigenvalue weighted by Gasteiger charge is -2.20. The van der Waals surface area contributed by atoms with Gasteiger partial charge in [0.05, 0.1) is 6.54 Å². The van der Waals surface area contributed by atoms with Gasteiger partial charge in [0.1, 0.15) is 0 Å². The highest BCUT2D eigenvalue weighted by atomic mass is 16.2. The molecular weight excluding hydrogens is 250 g/mol. The van der Waals surface area contributed by atoms with Gasteiger partial charge in [-0.1, -0.05) is 43.2 Å². The molecule has 1 atom stereocenters. The van der Waals surface area contributed by atoms with Gasteiger partial charge in [-0.15, -0.1) is 0 Å². The van der Waals surface area contributed by atoms with Gasteiger partial charge in [0.15, 0.2) is 5.78 Å². The first-order valence-corrected chi connectivity index (χ1v) is 7.47. The molecule has 1 heterocycles. The molecule has 108 valence electrons. The number of benzene rings is 1. The Hall–Kier alpha value is -1.64. The van der Waals surface area contributed by atoms with Crippen molar-refractivity contribution in [3.63, 3.8) is 0 Å². The average Bonchev–Trinajstić information content (AvgIpc) is 2.62. The van der Waals surface area contributed by atoms with Gasteiger partial charge in [0.25, 0.3) is 0 Å². The number of ketones is 1. The van der Waals surface area contributed by atoms with Crippen molar-refractivity contribution in [3.05, 3.63) is 35.4 Å². The molecule has 0 radical (unpaired) electrons. The Morgan fingerprint density at radius 1 is 1.25 bits per heavy atom. The second kappa shape index (κ2) is 6.69. The smallest absolute Gasteiger partial charge is 0.222 e. The van der Waals surface area contributed by atoms with Crippen LogP contribution in [0.2, 0.25) is 0 Å². The highest BCUT2D eigenvalue weighted by Crippen LogP contribution is 2.21. The summed E-state index contributed by atoms with van der Waals surface area (Å²) in [4.78, 5) is 26.0. The monoisotopic (exact) mass is 273 g/mol. The highest BCUT2D eigenvalue weighted by Gasteiger charge is 2.23. The first kappa shape index (κ1) is 14.8. The lowest BCUT2D eigenvalue weighted by Crippen LogP contribution is -2.35. The summed E-state index contributed by atoms with van der Waals surface area (Å²) >= 11 is 0. The average molecular weight is 273 g/mol. The van der Waals surface area contributed by atoms with Gasteiger partial charge in [-0.05, 0) is 25.7 Å². The molecule has 0 spiro atoms. The fraction of sp³-hybridized carbons (Fsp3) is 0.529. The van der Waals surface area contributed by atoms with E-state index < -0.39 is 0 Å². The molecule has 3 nitrogen and oxygen atoms in total. The number of aryl methyl sites for hydroxylation is 1. The van der Waals surface area contributed by atoms with E-state index >= 15 is 0 Å². The minimum atomic E-state index is 0.0355. The molecule has 1 aliphatic rings. The topological polar surface area (TPSA) is 37.4 Å². The van der Waals surface area contributed by atoms with E-state index in [1.165, 1.54) is 0 Å². The first-order valence-electron chi connectivity index (χ1n) is 7.47. The number of rotatable bonds is 4. The van der Waals surface area contributed by atoms with Crippen LogP contribution in [-0.4, -0.2) is 29.7 Å². The van der Waals surface area contributed by atoms with E-state index in [4.69, 9.17) is 0 Å². The predicted molar refractivity (Wildman–Crippen MR) is 79.7 cm³/mol. The maximum Gasteiger partial charge on any atom is 0.222 e. The van der Waals surface area contributed by atoms with Crippen molar-refractivity contribution in [2.75, 3.05) is 13.1 Å². The predicted octanol–water partition coefficient (Wildman–Crippen LogP) is 3.22. The molecule has 1 fully saturated rings. The van der Waals surface area contributed by atoms with E-state index in [0.717, 1.165) is 31.4 Å². The molecule has 1 aliphatic heterocycles. The largest absolute Gasteiger partial charge is 0.335 e. The third-order valence-electron chi connectivity index (χ3n) is 4.21. The fourth-order valence-electron chi connectivity index (χ4n) is 2.67. The molecule has 1 aromatic rings. The maximum atomic E-state index is 12.2. The Bertz CT molecular complexity index is 478. The van der Waals surface area contributed by atoms with E-state index in [2.05, 4.69) is 6.92 Å². The zero-order chi connectivity index (χ0) is 14.5. The summed E-state index contributed by atoms with van der Waals surface area (Å²) in [6, 6.07) is 7.55. The number of hydrogen-bond acceptors (Lipinski definition) is 2. The Kier molecular flexibility index (Phi) is 4.94. The van der Waals surface area contributed by atoms with Crippen LogP contribution in [-0.2, 0) is 4.79 Å². The van der Waals surface area contributed by atoms with Crippen molar-refractivity contribution in [3.8, 4) is 0 Å². The van der Waals surface area contributed by atoms with Crippen LogP contribution in [0.1, 0.15) is 48.5 Å². The van der Waals surface area contributed by atoms with Crippen LogP contribution in [0.3, 0.4) is 0 Å². The Morgan fingerprint density at radius 2 is 1.95 bits per heavy atom. The normalized spacial score (nSPS) is 19.8. The third kappa shape index (κ3) is 3.69. The number of hydrogen-bond donors (Lipinski definition) is 0. The standard InChI is InChI=1S/C17H23NO2/c1-3-14-6-9-17(20)18(11-10-14)12-16(19)15-7-4-13(2)5-8-15/h4-5,7-8,14H,3,6,9-12H2,1-2H3. The summed E-state index contributed by atoms with van der Waals surface area (Å²) in [6.45, 7) is 5.10. The zero-order valence-electron chi connectivity index (χ0n) is 12.4. The van der Waals surface area contributed by atoms with Gasteiger partial charge in [-0.25, -0.2) is 0 Å². The van der Waals surface area contributed by atoms with Gasteiger partial charge in [-0.3, -0.25) is 9.59 Å². The van der Waals surface area contributed by atoms with Crippen LogP contribution in [0.15, 0.2) is 24.3 Å². The number of Topliss-reactive ketones (excluding diaryl/α,β-unsaturated/α-hetero) is 1. The number of nitrogens with zero attached hydrogens (tertiary/aromatic N) is 1. The summed E-state index contributed by atoms with van der Waals surface area (Å²) in [6.07, 6.45) is 3.68. The van der Waals surface area contributed by atoms with E-state index in [-0.39, 0.29) is 18.2 Å². The van der Waals surface area contributed by atoms with Gasteiger partial charge in [0, 0.05) is 18.5 Å². The molecule has 3 heteroatoms. The van der Waals surface area contributed by atoms with E-state index in [0.29, 0.717) is 17.9 Å². The Labute approximate surface area is 121 Å². The molecule has 1 saturated heterocycles. The molecule has 1 aromatic carbocycles. The minimum absolute atomic E-state index is 0.0355. The highest BCUT2D eigenvalue weighted by molar-refractivity contribution is 5.99. The van der Waals surface area contributed by atoms with Crippen molar-refractivity contribution < 1.29 is 9.59 Å². The second-order valence-electron chi connectivity index (χ2n) is 5.71. The van der Waals surface area contributed by atoms with Crippen LogP contribution in [0, 0.1) is 12.8 Å². The van der Waals surface area contributed by atoms with Crippen molar-refractivity contribution in [2.24, 2.45) is 5.92 Å². The van der Waals surface area contributed by atoms with Gasteiger partial charge in [-0.2, -0.15) is 0 Å². The van der Waals surface area contributed by atoms with Crippen LogP contribution < -0.4 is 0 Å². The molecule has 0 bridgehead atoms. The van der Waals surface area contributed by atoms with Crippen molar-refractivity contribution in [1.82, 2.24) is 4.90 Å². The van der Waals surface area contributed by atoms with E-state index in [1.54, 1.807) is 4.90 Å². The van der Waals surface area contributed by atoms with Crippen LogP contribution in [0.4, 0.5) is 0 Å². The molecule has 0 saturated carbocycles. The number of carbonyl (C=O) groups excluding carboxylic acids is 2. The Morgan fingerprint density at radius 3 is 2.60 bits per heavy atom. The molecule has 2 rings (SSSR count). The molecule has 20 heavy (non-hydrogen) atoms. The quantitative estimate of drug-likeness (QED) is 0.790. The SMILES string of the molecule is CCC1CCC(=O)N(CC(=O)c2ccc(C)cc2)CC1. The fourth-order valence-corrected chi connectivity index (χ4v) is 2.67. The van der Waals surface area contributed by atoms with E-state index in [9.17, 15) is 9.59 Å². The van der Waals surface area contributed by atoms with Gasteiger partial charge in [0.2, 0.25) is 5.91 Å².